The average molecular weight is 300 g/mol. The molecular weight excluding hydrogens is 280 g/mol. The van der Waals surface area contributed by atoms with Crippen LogP contribution in [0.25, 0.3) is 11.4 Å². The summed E-state index contributed by atoms with van der Waals surface area (Å²) in [7, 11) is 0. The first-order valence-electron chi connectivity index (χ1n) is 7.35. The van der Waals surface area contributed by atoms with Crippen LogP contribution in [0, 0.1) is 6.92 Å². The SMILES string of the molecule is CCCCC(Nc1cc(C)nc(-c2cccnc2)n1)C(=O)O. The van der Waals surface area contributed by atoms with Crippen LogP contribution in [-0.4, -0.2) is 32.1 Å². The molecule has 0 amide bonds. The van der Waals surface area contributed by atoms with Crippen molar-refractivity contribution < 1.29 is 9.90 Å². The van der Waals surface area contributed by atoms with E-state index in [0.29, 0.717) is 18.1 Å². The van der Waals surface area contributed by atoms with Gasteiger partial charge in [0, 0.05) is 29.7 Å². The van der Waals surface area contributed by atoms with Crippen LogP contribution in [0.1, 0.15) is 31.9 Å². The molecule has 2 heterocycles. The number of hydrogen-bond acceptors (Lipinski definition) is 5. The lowest BCUT2D eigenvalue weighted by atomic mass is 10.1. The lowest BCUT2D eigenvalue weighted by Gasteiger charge is -2.15. The van der Waals surface area contributed by atoms with Crippen LogP contribution >= 0.6 is 0 Å². The van der Waals surface area contributed by atoms with Gasteiger partial charge in [0.1, 0.15) is 11.9 Å². The summed E-state index contributed by atoms with van der Waals surface area (Å²) in [6, 6.07) is 4.80. The van der Waals surface area contributed by atoms with E-state index in [0.717, 1.165) is 24.1 Å². The monoisotopic (exact) mass is 300 g/mol. The second-order valence-electron chi connectivity index (χ2n) is 5.14. The van der Waals surface area contributed by atoms with Crippen molar-refractivity contribution in [1.82, 2.24) is 15.0 Å². The maximum Gasteiger partial charge on any atom is 0.326 e. The molecule has 0 saturated heterocycles. The number of rotatable bonds is 7. The van der Waals surface area contributed by atoms with E-state index in [4.69, 9.17) is 0 Å². The summed E-state index contributed by atoms with van der Waals surface area (Å²) in [6.45, 7) is 3.89. The smallest absolute Gasteiger partial charge is 0.326 e. The van der Waals surface area contributed by atoms with Crippen molar-refractivity contribution in [2.75, 3.05) is 5.32 Å². The van der Waals surface area contributed by atoms with E-state index in [-0.39, 0.29) is 0 Å². The number of hydrogen-bond donors (Lipinski definition) is 2. The number of anilines is 1. The summed E-state index contributed by atoms with van der Waals surface area (Å²) in [5.74, 6) is 0.192. The number of aliphatic carboxylic acids is 1. The number of nitrogens with zero attached hydrogens (tertiary/aromatic N) is 3. The van der Waals surface area contributed by atoms with E-state index < -0.39 is 12.0 Å². The van der Waals surface area contributed by atoms with Crippen molar-refractivity contribution in [2.24, 2.45) is 0 Å². The quantitative estimate of drug-likeness (QED) is 0.817. The molecule has 22 heavy (non-hydrogen) atoms. The van der Waals surface area contributed by atoms with E-state index in [1.807, 2.05) is 26.0 Å². The third-order valence-corrected chi connectivity index (χ3v) is 3.24. The minimum Gasteiger partial charge on any atom is -0.480 e. The summed E-state index contributed by atoms with van der Waals surface area (Å²) in [6.07, 6.45) is 5.74. The average Bonchev–Trinajstić information content (AvgIpc) is 2.51. The fourth-order valence-electron chi connectivity index (χ4n) is 2.11. The zero-order valence-electron chi connectivity index (χ0n) is 12.8. The molecule has 0 saturated carbocycles. The molecule has 2 aromatic rings. The predicted octanol–water partition coefficient (Wildman–Crippen LogP) is 2.90. The zero-order chi connectivity index (χ0) is 15.9. The van der Waals surface area contributed by atoms with Gasteiger partial charge in [0.2, 0.25) is 0 Å². The Hall–Kier alpha value is -2.50. The minimum absolute atomic E-state index is 0.523. The molecule has 0 radical (unpaired) electrons. The molecule has 0 aliphatic rings. The van der Waals surface area contributed by atoms with E-state index in [2.05, 4.69) is 20.3 Å². The Labute approximate surface area is 129 Å². The molecule has 6 nitrogen and oxygen atoms in total. The molecule has 1 unspecified atom stereocenters. The molecule has 1 atom stereocenters. The highest BCUT2D eigenvalue weighted by atomic mass is 16.4. The lowest BCUT2D eigenvalue weighted by molar-refractivity contribution is -0.138. The number of unbranched alkanes of at least 4 members (excludes halogenated alkanes) is 1. The van der Waals surface area contributed by atoms with Gasteiger partial charge in [0.05, 0.1) is 0 Å². The van der Waals surface area contributed by atoms with Crippen LogP contribution in [0.3, 0.4) is 0 Å². The summed E-state index contributed by atoms with van der Waals surface area (Å²) in [4.78, 5) is 24.2. The van der Waals surface area contributed by atoms with Gasteiger partial charge in [-0.15, -0.1) is 0 Å². The second-order valence-corrected chi connectivity index (χ2v) is 5.14. The molecule has 6 heteroatoms. The van der Waals surface area contributed by atoms with Crippen molar-refractivity contribution >= 4 is 11.8 Å². The van der Waals surface area contributed by atoms with Gasteiger partial charge >= 0.3 is 5.97 Å². The van der Waals surface area contributed by atoms with Gasteiger partial charge in [-0.3, -0.25) is 4.98 Å². The number of carboxylic acids is 1. The third kappa shape index (κ3) is 4.25. The molecule has 0 spiro atoms. The van der Waals surface area contributed by atoms with Crippen molar-refractivity contribution in [2.45, 2.75) is 39.2 Å². The van der Waals surface area contributed by atoms with Gasteiger partial charge < -0.3 is 10.4 Å². The molecule has 0 fully saturated rings. The Morgan fingerprint density at radius 1 is 1.41 bits per heavy atom. The number of carbonyl (C=O) groups is 1. The van der Waals surface area contributed by atoms with Crippen molar-refractivity contribution in [3.8, 4) is 11.4 Å². The highest BCUT2D eigenvalue weighted by Crippen LogP contribution is 2.18. The highest BCUT2D eigenvalue weighted by Gasteiger charge is 2.17. The Kier molecular flexibility index (Phi) is 5.41. The largest absolute Gasteiger partial charge is 0.480 e. The maximum absolute atomic E-state index is 11.3. The Balaban J connectivity index is 2.24. The van der Waals surface area contributed by atoms with Crippen LogP contribution in [0.4, 0.5) is 5.82 Å². The molecule has 0 bridgehead atoms. The van der Waals surface area contributed by atoms with Crippen molar-refractivity contribution in [1.29, 1.82) is 0 Å². The molecule has 2 aromatic heterocycles. The topological polar surface area (TPSA) is 88.0 Å². The van der Waals surface area contributed by atoms with Gasteiger partial charge in [-0.25, -0.2) is 14.8 Å². The third-order valence-electron chi connectivity index (χ3n) is 3.24. The summed E-state index contributed by atoms with van der Waals surface area (Å²) >= 11 is 0. The number of aryl methyl sites for hydroxylation is 1. The van der Waals surface area contributed by atoms with Crippen molar-refractivity contribution in [3.63, 3.8) is 0 Å². The van der Waals surface area contributed by atoms with Crippen LogP contribution in [0.2, 0.25) is 0 Å². The van der Waals surface area contributed by atoms with Crippen LogP contribution in [0.15, 0.2) is 30.6 Å². The Bertz CT molecular complexity index is 631. The minimum atomic E-state index is -0.868. The number of carboxylic acid groups (broad SMARTS) is 1. The van der Waals surface area contributed by atoms with E-state index >= 15 is 0 Å². The number of aromatic nitrogens is 3. The Morgan fingerprint density at radius 2 is 2.23 bits per heavy atom. The molecule has 0 aliphatic heterocycles. The zero-order valence-corrected chi connectivity index (χ0v) is 12.8. The molecule has 2 rings (SSSR count). The Morgan fingerprint density at radius 3 is 2.86 bits per heavy atom. The molecule has 116 valence electrons. The summed E-state index contributed by atoms with van der Waals surface area (Å²) in [5, 5.41) is 12.3. The van der Waals surface area contributed by atoms with E-state index in [1.165, 1.54) is 0 Å². The molecular formula is C16H20N4O2. The van der Waals surface area contributed by atoms with Crippen LogP contribution < -0.4 is 5.32 Å². The molecule has 2 N–H and O–H groups in total. The first-order valence-corrected chi connectivity index (χ1v) is 7.35. The van der Waals surface area contributed by atoms with Gasteiger partial charge in [-0.05, 0) is 25.5 Å². The summed E-state index contributed by atoms with van der Waals surface area (Å²) < 4.78 is 0. The van der Waals surface area contributed by atoms with Crippen molar-refractivity contribution in [3.05, 3.63) is 36.3 Å². The maximum atomic E-state index is 11.3. The fraction of sp³-hybridized carbons (Fsp3) is 0.375. The summed E-state index contributed by atoms with van der Waals surface area (Å²) in [5.41, 5.74) is 1.57. The first-order chi connectivity index (χ1) is 10.6. The van der Waals surface area contributed by atoms with Gasteiger partial charge in [0.15, 0.2) is 5.82 Å². The normalized spacial score (nSPS) is 11.9. The predicted molar refractivity (Wildman–Crippen MR) is 84.6 cm³/mol. The first kappa shape index (κ1) is 15.9. The molecule has 0 aromatic carbocycles. The van der Waals surface area contributed by atoms with Gasteiger partial charge in [0.25, 0.3) is 0 Å². The number of pyridine rings is 1. The molecule has 0 aliphatic carbocycles. The lowest BCUT2D eigenvalue weighted by Crippen LogP contribution is -2.29. The highest BCUT2D eigenvalue weighted by molar-refractivity contribution is 5.77. The van der Waals surface area contributed by atoms with E-state index in [9.17, 15) is 9.90 Å². The fourth-order valence-corrected chi connectivity index (χ4v) is 2.11. The number of nitrogens with one attached hydrogen (secondary N) is 1. The van der Waals surface area contributed by atoms with Crippen LogP contribution in [-0.2, 0) is 4.79 Å². The second kappa shape index (κ2) is 7.49. The van der Waals surface area contributed by atoms with E-state index in [1.54, 1.807) is 18.5 Å². The standard InChI is InChI=1S/C16H20N4O2/c1-3-4-7-13(16(21)22)19-14-9-11(2)18-15(20-14)12-6-5-8-17-10-12/h5-6,8-10,13H,3-4,7H2,1-2H3,(H,21,22)(H,18,19,20). The van der Waals surface area contributed by atoms with Gasteiger partial charge in [-0.1, -0.05) is 19.8 Å². The van der Waals surface area contributed by atoms with Gasteiger partial charge in [-0.2, -0.15) is 0 Å². The van der Waals surface area contributed by atoms with Crippen LogP contribution in [0.5, 0.6) is 0 Å².